The number of para-hydroxylation sites is 1. The summed E-state index contributed by atoms with van der Waals surface area (Å²) in [7, 11) is 1.66. The highest BCUT2D eigenvalue weighted by atomic mass is 16.5. The molecule has 0 unspecified atom stereocenters. The summed E-state index contributed by atoms with van der Waals surface area (Å²) in [4.78, 5) is 0. The minimum absolute atomic E-state index is 0.519. The summed E-state index contributed by atoms with van der Waals surface area (Å²) in [6.45, 7) is 5.43. The molecular formula is C20H27NO3. The number of ether oxygens (including phenoxy) is 3. The van der Waals surface area contributed by atoms with Crippen molar-refractivity contribution >= 4 is 0 Å². The van der Waals surface area contributed by atoms with Crippen LogP contribution in [0.4, 0.5) is 0 Å². The highest BCUT2D eigenvalue weighted by Crippen LogP contribution is 2.31. The Morgan fingerprint density at radius 2 is 1.79 bits per heavy atom. The van der Waals surface area contributed by atoms with Crippen molar-refractivity contribution in [3.05, 3.63) is 59.7 Å². The molecule has 0 aromatic heterocycles. The molecule has 0 radical (unpaired) electrons. The van der Waals surface area contributed by atoms with E-state index in [0.717, 1.165) is 36.6 Å². The van der Waals surface area contributed by atoms with E-state index < -0.39 is 0 Å². The molecular weight excluding hydrogens is 302 g/mol. The molecule has 130 valence electrons. The van der Waals surface area contributed by atoms with Gasteiger partial charge >= 0.3 is 0 Å². The van der Waals surface area contributed by atoms with Gasteiger partial charge in [0, 0.05) is 18.7 Å². The zero-order chi connectivity index (χ0) is 17.0. The van der Waals surface area contributed by atoms with Gasteiger partial charge in [-0.25, -0.2) is 0 Å². The van der Waals surface area contributed by atoms with Crippen LogP contribution in [0.3, 0.4) is 0 Å². The fourth-order valence-corrected chi connectivity index (χ4v) is 2.47. The lowest BCUT2D eigenvalue weighted by molar-refractivity contribution is 0.108. The third-order valence-corrected chi connectivity index (χ3v) is 3.71. The number of hydrogen-bond donors (Lipinski definition) is 1. The lowest BCUT2D eigenvalue weighted by Crippen LogP contribution is -2.18. The SMILES string of the molecule is CCOCCOc1c(CNCCc2ccccc2)cccc1OC. The van der Waals surface area contributed by atoms with E-state index >= 15 is 0 Å². The Kier molecular flexibility index (Phi) is 8.15. The van der Waals surface area contributed by atoms with Crippen LogP contribution >= 0.6 is 0 Å². The van der Waals surface area contributed by atoms with Gasteiger partial charge in [0.15, 0.2) is 11.5 Å². The quantitative estimate of drug-likeness (QED) is 0.641. The predicted octanol–water partition coefficient (Wildman–Crippen LogP) is 3.44. The van der Waals surface area contributed by atoms with E-state index in [-0.39, 0.29) is 0 Å². The molecule has 0 aliphatic rings. The summed E-state index contributed by atoms with van der Waals surface area (Å²) in [6, 6.07) is 16.5. The molecule has 0 bridgehead atoms. The number of rotatable bonds is 11. The Morgan fingerprint density at radius 3 is 2.54 bits per heavy atom. The second-order valence-corrected chi connectivity index (χ2v) is 5.41. The second kappa shape index (κ2) is 10.7. The third-order valence-electron chi connectivity index (χ3n) is 3.71. The Hall–Kier alpha value is -2.04. The van der Waals surface area contributed by atoms with Gasteiger partial charge in [0.05, 0.1) is 13.7 Å². The first-order valence-electron chi connectivity index (χ1n) is 8.46. The van der Waals surface area contributed by atoms with Crippen LogP contribution in [-0.2, 0) is 17.7 Å². The topological polar surface area (TPSA) is 39.7 Å². The maximum Gasteiger partial charge on any atom is 0.165 e. The lowest BCUT2D eigenvalue weighted by atomic mass is 10.1. The fraction of sp³-hybridized carbons (Fsp3) is 0.400. The van der Waals surface area contributed by atoms with E-state index in [1.807, 2.05) is 25.1 Å². The molecule has 0 heterocycles. The van der Waals surface area contributed by atoms with E-state index in [4.69, 9.17) is 14.2 Å². The van der Waals surface area contributed by atoms with Gasteiger partial charge in [-0.05, 0) is 31.5 Å². The van der Waals surface area contributed by atoms with E-state index in [1.54, 1.807) is 7.11 Å². The van der Waals surface area contributed by atoms with Crippen LogP contribution in [0, 0.1) is 0 Å². The largest absolute Gasteiger partial charge is 0.493 e. The van der Waals surface area contributed by atoms with Gasteiger partial charge in [-0.1, -0.05) is 42.5 Å². The second-order valence-electron chi connectivity index (χ2n) is 5.41. The molecule has 1 N–H and O–H groups in total. The van der Waals surface area contributed by atoms with Gasteiger partial charge < -0.3 is 19.5 Å². The van der Waals surface area contributed by atoms with Gasteiger partial charge in [0.2, 0.25) is 0 Å². The number of methoxy groups -OCH3 is 1. The van der Waals surface area contributed by atoms with Crippen molar-refractivity contribution in [2.24, 2.45) is 0 Å². The number of nitrogens with one attached hydrogen (secondary N) is 1. The van der Waals surface area contributed by atoms with Crippen LogP contribution in [0.1, 0.15) is 18.1 Å². The molecule has 0 spiro atoms. The van der Waals surface area contributed by atoms with Crippen LogP contribution in [0.2, 0.25) is 0 Å². The molecule has 2 rings (SSSR count). The molecule has 0 saturated carbocycles. The molecule has 2 aromatic rings. The van der Waals surface area contributed by atoms with Gasteiger partial charge in [-0.2, -0.15) is 0 Å². The summed E-state index contributed by atoms with van der Waals surface area (Å²) in [5, 5.41) is 3.48. The molecule has 0 fully saturated rings. The van der Waals surface area contributed by atoms with Crippen LogP contribution in [-0.4, -0.2) is 33.5 Å². The highest BCUT2D eigenvalue weighted by molar-refractivity contribution is 5.46. The van der Waals surface area contributed by atoms with E-state index in [1.165, 1.54) is 5.56 Å². The Bertz CT molecular complexity index is 587. The average molecular weight is 329 g/mol. The van der Waals surface area contributed by atoms with Crippen LogP contribution in [0.15, 0.2) is 48.5 Å². The van der Waals surface area contributed by atoms with E-state index in [2.05, 4.69) is 35.6 Å². The van der Waals surface area contributed by atoms with Crippen molar-refractivity contribution in [3.8, 4) is 11.5 Å². The molecule has 0 aliphatic carbocycles. The van der Waals surface area contributed by atoms with Crippen molar-refractivity contribution < 1.29 is 14.2 Å². The van der Waals surface area contributed by atoms with Crippen molar-refractivity contribution in [1.29, 1.82) is 0 Å². The van der Waals surface area contributed by atoms with E-state index in [9.17, 15) is 0 Å². The lowest BCUT2D eigenvalue weighted by Gasteiger charge is -2.15. The standard InChI is InChI=1S/C20H27NO3/c1-3-23-14-15-24-20-18(10-7-11-19(20)22-2)16-21-13-12-17-8-5-4-6-9-17/h4-11,21H,3,12-16H2,1-2H3. The van der Waals surface area contributed by atoms with Crippen molar-refractivity contribution in [2.75, 3.05) is 33.5 Å². The number of benzene rings is 2. The van der Waals surface area contributed by atoms with Crippen LogP contribution < -0.4 is 14.8 Å². The monoisotopic (exact) mass is 329 g/mol. The summed E-state index contributed by atoms with van der Waals surface area (Å²) in [6.07, 6.45) is 1.01. The van der Waals surface area contributed by atoms with Gasteiger partial charge in [0.25, 0.3) is 0 Å². The molecule has 2 aromatic carbocycles. The van der Waals surface area contributed by atoms with Gasteiger partial charge in [-0.3, -0.25) is 0 Å². The highest BCUT2D eigenvalue weighted by Gasteiger charge is 2.10. The average Bonchev–Trinajstić information content (AvgIpc) is 2.63. The Morgan fingerprint density at radius 1 is 0.958 bits per heavy atom. The van der Waals surface area contributed by atoms with Crippen molar-refractivity contribution in [3.63, 3.8) is 0 Å². The molecule has 24 heavy (non-hydrogen) atoms. The van der Waals surface area contributed by atoms with Crippen molar-refractivity contribution in [1.82, 2.24) is 5.32 Å². The smallest absolute Gasteiger partial charge is 0.165 e. The first-order chi connectivity index (χ1) is 11.8. The molecule has 0 amide bonds. The first-order valence-corrected chi connectivity index (χ1v) is 8.46. The van der Waals surface area contributed by atoms with Crippen LogP contribution in [0.25, 0.3) is 0 Å². The normalized spacial score (nSPS) is 10.6. The summed E-state index contributed by atoms with van der Waals surface area (Å²) < 4.78 is 16.6. The minimum atomic E-state index is 0.519. The molecule has 4 nitrogen and oxygen atoms in total. The molecule has 0 atom stereocenters. The van der Waals surface area contributed by atoms with Gasteiger partial charge in [0.1, 0.15) is 6.61 Å². The van der Waals surface area contributed by atoms with Crippen molar-refractivity contribution in [2.45, 2.75) is 19.9 Å². The van der Waals surface area contributed by atoms with Crippen LogP contribution in [0.5, 0.6) is 11.5 Å². The van der Waals surface area contributed by atoms with E-state index in [0.29, 0.717) is 19.8 Å². The fourth-order valence-electron chi connectivity index (χ4n) is 2.47. The zero-order valence-electron chi connectivity index (χ0n) is 14.6. The molecule has 0 aliphatic heterocycles. The maximum absolute atomic E-state index is 5.89. The first kappa shape index (κ1) is 18.3. The summed E-state index contributed by atoms with van der Waals surface area (Å²) in [5.74, 6) is 1.56. The number of hydrogen-bond acceptors (Lipinski definition) is 4. The maximum atomic E-state index is 5.89. The molecule has 0 saturated heterocycles. The summed E-state index contributed by atoms with van der Waals surface area (Å²) >= 11 is 0. The third kappa shape index (κ3) is 5.87. The summed E-state index contributed by atoms with van der Waals surface area (Å²) in [5.41, 5.74) is 2.43. The Labute approximate surface area is 144 Å². The van der Waals surface area contributed by atoms with Gasteiger partial charge in [-0.15, -0.1) is 0 Å². The molecule has 4 heteroatoms. The Balaban J connectivity index is 1.88. The predicted molar refractivity (Wildman–Crippen MR) is 96.8 cm³/mol. The minimum Gasteiger partial charge on any atom is -0.493 e. The zero-order valence-corrected chi connectivity index (χ0v) is 14.6.